The third-order valence-corrected chi connectivity index (χ3v) is 4.90. The van der Waals surface area contributed by atoms with Crippen molar-refractivity contribution in [1.82, 2.24) is 10.2 Å². The lowest BCUT2D eigenvalue weighted by Gasteiger charge is -2.29. The average molecular weight is 427 g/mol. The molecule has 0 aliphatic heterocycles. The second-order valence-electron chi connectivity index (χ2n) is 8.30. The van der Waals surface area contributed by atoms with Gasteiger partial charge in [0.25, 0.3) is 5.91 Å². The molecule has 2 rings (SSSR count). The molecule has 0 saturated carbocycles. The first-order valence-corrected chi connectivity index (χ1v) is 10.6. The fourth-order valence-electron chi connectivity index (χ4n) is 3.25. The summed E-state index contributed by atoms with van der Waals surface area (Å²) in [6.07, 6.45) is 0. The van der Waals surface area contributed by atoms with Gasteiger partial charge in [-0.05, 0) is 67.6 Å². The van der Waals surface area contributed by atoms with Gasteiger partial charge in [0.15, 0.2) is 6.61 Å². The van der Waals surface area contributed by atoms with Crippen molar-refractivity contribution in [3.05, 3.63) is 59.2 Å². The number of aryl methyl sites for hydroxylation is 2. The van der Waals surface area contributed by atoms with Gasteiger partial charge in [-0.15, -0.1) is 0 Å². The third kappa shape index (κ3) is 7.63. The number of ether oxygens (including phenoxy) is 2. The Hall–Kier alpha value is -3.02. The maximum atomic E-state index is 13.1. The lowest BCUT2D eigenvalue weighted by molar-refractivity contribution is -0.142. The summed E-state index contributed by atoms with van der Waals surface area (Å²) in [7, 11) is 1.60. The highest BCUT2D eigenvalue weighted by molar-refractivity contribution is 5.88. The molecule has 168 valence electrons. The first kappa shape index (κ1) is 24.3. The van der Waals surface area contributed by atoms with E-state index in [9.17, 15) is 9.59 Å². The number of hydrogen-bond donors (Lipinski definition) is 1. The number of hydrogen-bond acceptors (Lipinski definition) is 4. The van der Waals surface area contributed by atoms with Crippen molar-refractivity contribution in [3.8, 4) is 11.5 Å². The second kappa shape index (κ2) is 11.4. The highest BCUT2D eigenvalue weighted by Crippen LogP contribution is 2.18. The summed E-state index contributed by atoms with van der Waals surface area (Å²) in [6, 6.07) is 12.7. The van der Waals surface area contributed by atoms with Gasteiger partial charge >= 0.3 is 0 Å². The molecule has 0 aliphatic rings. The number of nitrogens with one attached hydrogen (secondary N) is 1. The molecule has 6 nitrogen and oxygen atoms in total. The maximum Gasteiger partial charge on any atom is 0.261 e. The zero-order chi connectivity index (χ0) is 23.0. The number of rotatable bonds is 10. The van der Waals surface area contributed by atoms with Crippen molar-refractivity contribution < 1.29 is 19.1 Å². The fraction of sp³-hybridized carbons (Fsp3) is 0.440. The molecule has 1 atom stereocenters. The molecule has 1 unspecified atom stereocenters. The highest BCUT2D eigenvalue weighted by Gasteiger charge is 2.26. The molecule has 6 heteroatoms. The lowest BCUT2D eigenvalue weighted by atomic mass is 10.1. The van der Waals surface area contributed by atoms with Crippen LogP contribution in [0.1, 0.15) is 37.5 Å². The monoisotopic (exact) mass is 426 g/mol. The van der Waals surface area contributed by atoms with Crippen LogP contribution in [0.5, 0.6) is 11.5 Å². The SMILES string of the molecule is COc1cccc(CN(C(=O)COc2cc(C)cc(C)c2)C(C)C(=O)NCC(C)C)c1. The third-order valence-electron chi connectivity index (χ3n) is 4.90. The Kier molecular flexibility index (Phi) is 8.91. The van der Waals surface area contributed by atoms with E-state index in [1.165, 1.54) is 0 Å². The summed E-state index contributed by atoms with van der Waals surface area (Å²) >= 11 is 0. The number of methoxy groups -OCH3 is 1. The Morgan fingerprint density at radius 3 is 2.29 bits per heavy atom. The van der Waals surface area contributed by atoms with Crippen LogP contribution in [0.4, 0.5) is 0 Å². The van der Waals surface area contributed by atoms with E-state index in [4.69, 9.17) is 9.47 Å². The minimum absolute atomic E-state index is 0.144. The van der Waals surface area contributed by atoms with Crippen molar-refractivity contribution in [1.29, 1.82) is 0 Å². The van der Waals surface area contributed by atoms with Gasteiger partial charge in [-0.3, -0.25) is 9.59 Å². The van der Waals surface area contributed by atoms with E-state index in [-0.39, 0.29) is 25.0 Å². The number of carbonyl (C=O) groups is 2. The molecule has 0 aliphatic carbocycles. The van der Waals surface area contributed by atoms with Crippen LogP contribution < -0.4 is 14.8 Å². The van der Waals surface area contributed by atoms with Crippen LogP contribution in [0.15, 0.2) is 42.5 Å². The van der Waals surface area contributed by atoms with E-state index in [0.717, 1.165) is 16.7 Å². The van der Waals surface area contributed by atoms with Gasteiger partial charge < -0.3 is 19.7 Å². The minimum Gasteiger partial charge on any atom is -0.497 e. The van der Waals surface area contributed by atoms with Crippen molar-refractivity contribution in [2.45, 2.75) is 47.2 Å². The van der Waals surface area contributed by atoms with E-state index < -0.39 is 6.04 Å². The first-order valence-electron chi connectivity index (χ1n) is 10.6. The zero-order valence-electron chi connectivity index (χ0n) is 19.4. The van der Waals surface area contributed by atoms with E-state index in [1.54, 1.807) is 18.9 Å². The van der Waals surface area contributed by atoms with Crippen LogP contribution in [0.25, 0.3) is 0 Å². The predicted octanol–water partition coefficient (Wildman–Crippen LogP) is 3.88. The molecule has 0 radical (unpaired) electrons. The standard InChI is InChI=1S/C25H34N2O4/c1-17(2)14-26-25(29)20(5)27(15-21-8-7-9-22(13-21)30-6)24(28)16-31-23-11-18(3)10-19(4)12-23/h7-13,17,20H,14-16H2,1-6H3,(H,26,29). The van der Waals surface area contributed by atoms with Gasteiger partial charge in [0.2, 0.25) is 5.91 Å². The van der Waals surface area contributed by atoms with Gasteiger partial charge in [0, 0.05) is 13.1 Å². The molecule has 0 saturated heterocycles. The molecule has 31 heavy (non-hydrogen) atoms. The van der Waals surface area contributed by atoms with Crippen LogP contribution in [-0.2, 0) is 16.1 Å². The lowest BCUT2D eigenvalue weighted by Crippen LogP contribution is -2.49. The topological polar surface area (TPSA) is 67.9 Å². The maximum absolute atomic E-state index is 13.1. The number of benzene rings is 2. The Labute approximate surface area is 185 Å². The summed E-state index contributed by atoms with van der Waals surface area (Å²) in [5, 5.41) is 2.92. The Balaban J connectivity index is 2.17. The summed E-state index contributed by atoms with van der Waals surface area (Å²) in [4.78, 5) is 27.4. The molecule has 2 aromatic carbocycles. The normalized spacial score (nSPS) is 11.7. The summed E-state index contributed by atoms with van der Waals surface area (Å²) < 4.78 is 11.1. The molecular weight excluding hydrogens is 392 g/mol. The summed E-state index contributed by atoms with van der Waals surface area (Å²) in [6.45, 7) is 10.5. The number of amides is 2. The number of nitrogens with zero attached hydrogens (tertiary/aromatic N) is 1. The Morgan fingerprint density at radius 1 is 1.00 bits per heavy atom. The average Bonchev–Trinajstić information content (AvgIpc) is 2.73. The van der Waals surface area contributed by atoms with Crippen LogP contribution in [0.2, 0.25) is 0 Å². The van der Waals surface area contributed by atoms with E-state index >= 15 is 0 Å². The molecule has 0 bridgehead atoms. The molecule has 2 aromatic rings. The molecule has 0 spiro atoms. The number of carbonyl (C=O) groups excluding carboxylic acids is 2. The molecule has 0 fully saturated rings. The van der Waals surface area contributed by atoms with Gasteiger partial charge in [0.05, 0.1) is 7.11 Å². The quantitative estimate of drug-likeness (QED) is 0.626. The highest BCUT2D eigenvalue weighted by atomic mass is 16.5. The molecule has 2 amide bonds. The largest absolute Gasteiger partial charge is 0.497 e. The zero-order valence-corrected chi connectivity index (χ0v) is 19.4. The van der Waals surface area contributed by atoms with Crippen LogP contribution >= 0.6 is 0 Å². The summed E-state index contributed by atoms with van der Waals surface area (Å²) in [5.74, 6) is 1.23. The second-order valence-corrected chi connectivity index (χ2v) is 8.30. The van der Waals surface area contributed by atoms with Crippen LogP contribution in [0.3, 0.4) is 0 Å². The first-order chi connectivity index (χ1) is 14.7. The Bertz CT molecular complexity index is 875. The Morgan fingerprint density at radius 2 is 1.68 bits per heavy atom. The van der Waals surface area contributed by atoms with Gasteiger partial charge in [-0.1, -0.05) is 32.0 Å². The molecule has 0 heterocycles. The predicted molar refractivity (Wildman–Crippen MR) is 122 cm³/mol. The molecular formula is C25H34N2O4. The van der Waals surface area contributed by atoms with Crippen LogP contribution in [0, 0.1) is 19.8 Å². The van der Waals surface area contributed by atoms with Crippen molar-refractivity contribution in [2.75, 3.05) is 20.3 Å². The van der Waals surface area contributed by atoms with Gasteiger partial charge in [-0.2, -0.15) is 0 Å². The van der Waals surface area contributed by atoms with E-state index in [2.05, 4.69) is 5.32 Å². The van der Waals surface area contributed by atoms with Crippen LogP contribution in [-0.4, -0.2) is 43.0 Å². The van der Waals surface area contributed by atoms with Gasteiger partial charge in [0.1, 0.15) is 17.5 Å². The van der Waals surface area contributed by atoms with E-state index in [1.807, 2.05) is 70.2 Å². The van der Waals surface area contributed by atoms with E-state index in [0.29, 0.717) is 24.0 Å². The minimum atomic E-state index is -0.639. The van der Waals surface area contributed by atoms with Crippen molar-refractivity contribution in [3.63, 3.8) is 0 Å². The van der Waals surface area contributed by atoms with Crippen molar-refractivity contribution in [2.24, 2.45) is 5.92 Å². The van der Waals surface area contributed by atoms with Crippen molar-refractivity contribution >= 4 is 11.8 Å². The fourth-order valence-corrected chi connectivity index (χ4v) is 3.25. The smallest absolute Gasteiger partial charge is 0.261 e. The molecule has 1 N–H and O–H groups in total. The van der Waals surface area contributed by atoms with Gasteiger partial charge in [-0.25, -0.2) is 0 Å². The summed E-state index contributed by atoms with van der Waals surface area (Å²) in [5.41, 5.74) is 3.01. The molecule has 0 aromatic heterocycles.